The van der Waals surface area contributed by atoms with Gasteiger partial charge in [-0.2, -0.15) is 0 Å². The molecule has 0 radical (unpaired) electrons. The monoisotopic (exact) mass is 494 g/mol. The van der Waals surface area contributed by atoms with E-state index in [2.05, 4.69) is 29.2 Å². The van der Waals surface area contributed by atoms with E-state index in [0.717, 1.165) is 50.7 Å². The fraction of sp³-hybridized carbons (Fsp3) is 0.345. The van der Waals surface area contributed by atoms with Crippen molar-refractivity contribution in [3.05, 3.63) is 101 Å². The lowest BCUT2D eigenvalue weighted by atomic mass is 9.85. The van der Waals surface area contributed by atoms with E-state index in [-0.39, 0.29) is 30.3 Å². The van der Waals surface area contributed by atoms with Crippen molar-refractivity contribution in [3.63, 3.8) is 0 Å². The van der Waals surface area contributed by atoms with Crippen molar-refractivity contribution in [2.24, 2.45) is 17.8 Å². The fourth-order valence-electron chi connectivity index (χ4n) is 5.71. The standard InChI is InChI=1S/C29H29F3N2O2/c30-24-7-4-8-27(14-24)34(16-21-11-25(31)13-26(32)12-21)29(35)36-19-28-22-9-10-23(28)18-33(17-22)15-20-5-2-1-3-6-20/h1-8,11-14,22-23,28H,9-10,15-19H2. The zero-order valence-electron chi connectivity index (χ0n) is 20.0. The third-order valence-electron chi connectivity index (χ3n) is 7.36. The van der Waals surface area contributed by atoms with E-state index >= 15 is 0 Å². The lowest BCUT2D eigenvalue weighted by molar-refractivity contribution is 0.0506. The second kappa shape index (κ2) is 10.7. The van der Waals surface area contributed by atoms with Crippen LogP contribution >= 0.6 is 0 Å². The van der Waals surface area contributed by atoms with E-state index in [1.165, 1.54) is 28.7 Å². The van der Waals surface area contributed by atoms with Gasteiger partial charge in [-0.3, -0.25) is 9.80 Å². The summed E-state index contributed by atoms with van der Waals surface area (Å²) in [5, 5.41) is 0. The molecule has 4 nitrogen and oxygen atoms in total. The molecule has 7 heteroatoms. The Hall–Kier alpha value is -3.32. The Morgan fingerprint density at radius 1 is 0.833 bits per heavy atom. The van der Waals surface area contributed by atoms with Gasteiger partial charge in [-0.15, -0.1) is 0 Å². The number of benzene rings is 3. The van der Waals surface area contributed by atoms with Gasteiger partial charge < -0.3 is 4.74 Å². The van der Waals surface area contributed by atoms with Crippen molar-refractivity contribution in [2.75, 3.05) is 24.6 Å². The fourth-order valence-corrected chi connectivity index (χ4v) is 5.71. The van der Waals surface area contributed by atoms with E-state index in [1.807, 2.05) is 6.07 Å². The molecule has 2 bridgehead atoms. The maximum atomic E-state index is 13.9. The van der Waals surface area contributed by atoms with Crippen LogP contribution in [0, 0.1) is 35.2 Å². The average Bonchev–Trinajstić information content (AvgIpc) is 3.09. The second-order valence-corrected chi connectivity index (χ2v) is 9.86. The van der Waals surface area contributed by atoms with Crippen molar-refractivity contribution in [1.29, 1.82) is 0 Å². The number of rotatable bonds is 7. The van der Waals surface area contributed by atoms with Crippen LogP contribution in [0.4, 0.5) is 23.7 Å². The quantitative estimate of drug-likeness (QED) is 0.381. The molecule has 1 aliphatic carbocycles. The highest BCUT2D eigenvalue weighted by atomic mass is 19.1. The molecule has 0 aromatic heterocycles. The van der Waals surface area contributed by atoms with Gasteiger partial charge in [0.05, 0.1) is 18.8 Å². The number of amides is 1. The minimum Gasteiger partial charge on any atom is -0.449 e. The molecule has 0 N–H and O–H groups in total. The highest BCUT2D eigenvalue weighted by Crippen LogP contribution is 2.42. The van der Waals surface area contributed by atoms with Gasteiger partial charge in [0.2, 0.25) is 0 Å². The molecule has 1 saturated carbocycles. The van der Waals surface area contributed by atoms with Gasteiger partial charge in [-0.25, -0.2) is 18.0 Å². The smallest absolute Gasteiger partial charge is 0.414 e. The number of fused-ring (bicyclic) bond motifs is 2. The molecule has 2 aliphatic rings. The molecule has 0 spiro atoms. The zero-order chi connectivity index (χ0) is 25.1. The molecular formula is C29H29F3N2O2. The third kappa shape index (κ3) is 5.73. The van der Waals surface area contributed by atoms with Crippen LogP contribution in [-0.2, 0) is 17.8 Å². The number of carbonyl (C=O) groups is 1. The van der Waals surface area contributed by atoms with Crippen molar-refractivity contribution in [1.82, 2.24) is 4.90 Å². The van der Waals surface area contributed by atoms with Crippen LogP contribution in [-0.4, -0.2) is 30.7 Å². The number of halogens is 3. The molecule has 1 saturated heterocycles. The summed E-state index contributed by atoms with van der Waals surface area (Å²) in [5.74, 6) is -0.838. The maximum Gasteiger partial charge on any atom is 0.414 e. The minimum atomic E-state index is -0.739. The minimum absolute atomic E-state index is 0.140. The molecule has 1 aliphatic heterocycles. The molecule has 2 atom stereocenters. The Morgan fingerprint density at radius 3 is 2.19 bits per heavy atom. The van der Waals surface area contributed by atoms with Gasteiger partial charge in [0.1, 0.15) is 17.5 Å². The van der Waals surface area contributed by atoms with E-state index in [9.17, 15) is 18.0 Å². The van der Waals surface area contributed by atoms with Gasteiger partial charge in [0.25, 0.3) is 0 Å². The first-order valence-corrected chi connectivity index (χ1v) is 12.4. The van der Waals surface area contributed by atoms with E-state index < -0.39 is 23.5 Å². The summed E-state index contributed by atoms with van der Waals surface area (Å²) in [7, 11) is 0. The number of likely N-dealkylation sites (tertiary alicyclic amines) is 1. The second-order valence-electron chi connectivity index (χ2n) is 9.86. The molecule has 188 valence electrons. The van der Waals surface area contributed by atoms with Crippen molar-refractivity contribution >= 4 is 11.8 Å². The van der Waals surface area contributed by atoms with Gasteiger partial charge in [0, 0.05) is 31.6 Å². The van der Waals surface area contributed by atoms with E-state index in [0.29, 0.717) is 11.8 Å². The normalized spacial score (nSPS) is 21.4. The number of piperidine rings is 1. The Labute approximate surface area is 209 Å². The number of hydrogen-bond donors (Lipinski definition) is 0. The van der Waals surface area contributed by atoms with Gasteiger partial charge in [0.15, 0.2) is 0 Å². The number of ether oxygens (including phenoxy) is 1. The Bertz CT molecular complexity index is 1170. The van der Waals surface area contributed by atoms with Gasteiger partial charge in [-0.05, 0) is 66.1 Å². The molecule has 2 fully saturated rings. The zero-order valence-corrected chi connectivity index (χ0v) is 20.0. The summed E-state index contributed by atoms with van der Waals surface area (Å²) in [6, 6.07) is 19.0. The summed E-state index contributed by atoms with van der Waals surface area (Å²) >= 11 is 0. The molecule has 36 heavy (non-hydrogen) atoms. The van der Waals surface area contributed by atoms with Gasteiger partial charge >= 0.3 is 6.09 Å². The number of anilines is 1. The largest absolute Gasteiger partial charge is 0.449 e. The summed E-state index contributed by atoms with van der Waals surface area (Å²) in [5.41, 5.74) is 1.81. The van der Waals surface area contributed by atoms with Crippen LogP contribution < -0.4 is 4.90 Å². The first kappa shape index (κ1) is 24.4. The van der Waals surface area contributed by atoms with E-state index in [1.54, 1.807) is 6.07 Å². The predicted octanol–water partition coefficient (Wildman–Crippen LogP) is 6.41. The Balaban J connectivity index is 1.25. The summed E-state index contributed by atoms with van der Waals surface area (Å²) in [4.78, 5) is 16.9. The van der Waals surface area contributed by atoms with Crippen LogP contribution in [0.1, 0.15) is 24.0 Å². The van der Waals surface area contributed by atoms with Crippen molar-refractivity contribution in [2.45, 2.75) is 25.9 Å². The topological polar surface area (TPSA) is 32.8 Å². The SMILES string of the molecule is O=C(OCC1C2CCC1CN(Cc1ccccc1)C2)N(Cc1cc(F)cc(F)c1)c1cccc(F)c1. The highest BCUT2D eigenvalue weighted by molar-refractivity contribution is 5.87. The third-order valence-corrected chi connectivity index (χ3v) is 7.36. The molecule has 3 aromatic rings. The summed E-state index contributed by atoms with van der Waals surface area (Å²) < 4.78 is 47.2. The summed E-state index contributed by atoms with van der Waals surface area (Å²) in [6.45, 7) is 2.97. The Kier molecular flexibility index (Phi) is 7.28. The van der Waals surface area contributed by atoms with Gasteiger partial charge in [-0.1, -0.05) is 36.4 Å². The number of nitrogens with zero attached hydrogens (tertiary/aromatic N) is 2. The van der Waals surface area contributed by atoms with Crippen molar-refractivity contribution in [3.8, 4) is 0 Å². The molecule has 1 heterocycles. The Morgan fingerprint density at radius 2 is 1.53 bits per heavy atom. The molecule has 1 amide bonds. The first-order chi connectivity index (χ1) is 17.4. The lowest BCUT2D eigenvalue weighted by Crippen LogP contribution is -2.44. The summed E-state index contributed by atoms with van der Waals surface area (Å²) in [6.07, 6.45) is 1.55. The van der Waals surface area contributed by atoms with E-state index in [4.69, 9.17) is 4.74 Å². The molecule has 5 rings (SSSR count). The highest BCUT2D eigenvalue weighted by Gasteiger charge is 2.42. The van der Waals surface area contributed by atoms with Crippen LogP contribution in [0.3, 0.4) is 0 Å². The average molecular weight is 495 g/mol. The predicted molar refractivity (Wildman–Crippen MR) is 132 cm³/mol. The molecular weight excluding hydrogens is 465 g/mol. The van der Waals surface area contributed by atoms with Crippen LogP contribution in [0.2, 0.25) is 0 Å². The maximum absolute atomic E-state index is 13.9. The molecule has 3 aromatic carbocycles. The number of carbonyl (C=O) groups excluding carboxylic acids is 1. The van der Waals surface area contributed by atoms with Crippen molar-refractivity contribution < 1.29 is 22.7 Å². The van der Waals surface area contributed by atoms with Crippen LogP contribution in [0.5, 0.6) is 0 Å². The molecule has 2 unspecified atom stereocenters. The number of hydrogen-bond acceptors (Lipinski definition) is 3. The van der Waals surface area contributed by atoms with Crippen LogP contribution in [0.25, 0.3) is 0 Å². The lowest BCUT2D eigenvalue weighted by Gasteiger charge is -2.38. The first-order valence-electron chi connectivity index (χ1n) is 12.4. The van der Waals surface area contributed by atoms with Crippen LogP contribution in [0.15, 0.2) is 72.8 Å².